The quantitative estimate of drug-likeness (QED) is 0.274. The standard InChI is InChI=1S/C30H36N4O6/c1-7-19-34(28(37)24(17-18-25(31)35)33-29(38)40-30(3,4)5)26(21-11-9-20(8-2)10-12-21)27(36)32-22-13-15-23(39-6)16-14-22/h2,7,9-16,24,26H,1,17-19H2,3-6H3,(H2,31,35)(H,32,36)(H,33,38). The van der Waals surface area contributed by atoms with Crippen molar-refractivity contribution >= 4 is 29.5 Å². The van der Waals surface area contributed by atoms with Gasteiger partial charge < -0.3 is 30.7 Å². The fraction of sp³-hybridized carbons (Fsp3) is 0.333. The van der Waals surface area contributed by atoms with Crippen LogP contribution < -0.4 is 21.1 Å². The van der Waals surface area contributed by atoms with Gasteiger partial charge in [0.15, 0.2) is 0 Å². The Morgan fingerprint density at radius 3 is 2.23 bits per heavy atom. The monoisotopic (exact) mass is 548 g/mol. The summed E-state index contributed by atoms with van der Waals surface area (Å²) in [4.78, 5) is 53.1. The number of amides is 4. The van der Waals surface area contributed by atoms with E-state index in [4.69, 9.17) is 21.6 Å². The number of nitrogens with one attached hydrogen (secondary N) is 2. The summed E-state index contributed by atoms with van der Waals surface area (Å²) in [5.74, 6) is 1.31. The van der Waals surface area contributed by atoms with Crippen molar-refractivity contribution in [3.05, 3.63) is 72.3 Å². The largest absolute Gasteiger partial charge is 0.497 e. The van der Waals surface area contributed by atoms with Crippen LogP contribution in [0.25, 0.3) is 0 Å². The van der Waals surface area contributed by atoms with Gasteiger partial charge in [0.1, 0.15) is 23.4 Å². The molecule has 0 spiro atoms. The van der Waals surface area contributed by atoms with Gasteiger partial charge in [0, 0.05) is 24.2 Å². The van der Waals surface area contributed by atoms with Gasteiger partial charge in [-0.15, -0.1) is 13.0 Å². The predicted molar refractivity (Wildman–Crippen MR) is 152 cm³/mol. The lowest BCUT2D eigenvalue weighted by molar-refractivity contribution is -0.140. The minimum Gasteiger partial charge on any atom is -0.497 e. The molecule has 0 aliphatic carbocycles. The van der Waals surface area contributed by atoms with Gasteiger partial charge in [0.2, 0.25) is 11.8 Å². The normalized spacial score (nSPS) is 12.2. The molecule has 2 aromatic rings. The number of carbonyl (C=O) groups is 4. The van der Waals surface area contributed by atoms with Crippen LogP contribution in [0.5, 0.6) is 5.75 Å². The molecule has 40 heavy (non-hydrogen) atoms. The van der Waals surface area contributed by atoms with E-state index in [9.17, 15) is 19.2 Å². The number of carbonyl (C=O) groups excluding carboxylic acids is 4. The van der Waals surface area contributed by atoms with E-state index in [2.05, 4.69) is 23.1 Å². The van der Waals surface area contributed by atoms with Crippen molar-refractivity contribution in [3.63, 3.8) is 0 Å². The average molecular weight is 549 g/mol. The molecule has 2 aromatic carbocycles. The zero-order chi connectivity index (χ0) is 29.9. The summed E-state index contributed by atoms with van der Waals surface area (Å²) in [6.45, 7) is 8.71. The van der Waals surface area contributed by atoms with Crippen LogP contribution >= 0.6 is 0 Å². The lowest BCUT2D eigenvalue weighted by atomic mass is 10.00. The van der Waals surface area contributed by atoms with E-state index >= 15 is 0 Å². The van der Waals surface area contributed by atoms with E-state index in [0.717, 1.165) is 0 Å². The Hall–Kier alpha value is -4.78. The van der Waals surface area contributed by atoms with Crippen LogP contribution in [0.2, 0.25) is 0 Å². The van der Waals surface area contributed by atoms with Gasteiger partial charge in [-0.25, -0.2) is 4.79 Å². The maximum absolute atomic E-state index is 14.0. The molecule has 0 aliphatic heterocycles. The Morgan fingerprint density at radius 1 is 1.10 bits per heavy atom. The number of hydrogen-bond donors (Lipinski definition) is 3. The summed E-state index contributed by atoms with van der Waals surface area (Å²) in [5.41, 5.74) is 6.02. The van der Waals surface area contributed by atoms with Gasteiger partial charge in [0.25, 0.3) is 5.91 Å². The minimum atomic E-state index is -1.22. The summed E-state index contributed by atoms with van der Waals surface area (Å²) in [5, 5.41) is 5.35. The molecule has 2 atom stereocenters. The van der Waals surface area contributed by atoms with E-state index in [1.165, 1.54) is 18.1 Å². The topological polar surface area (TPSA) is 140 Å². The van der Waals surface area contributed by atoms with E-state index < -0.39 is 41.5 Å². The Balaban J connectivity index is 2.51. The number of alkyl carbamates (subject to hydrolysis) is 1. The smallest absolute Gasteiger partial charge is 0.408 e. The van der Waals surface area contributed by atoms with E-state index in [1.54, 1.807) is 69.3 Å². The summed E-state index contributed by atoms with van der Waals surface area (Å²) < 4.78 is 10.5. The van der Waals surface area contributed by atoms with Crippen LogP contribution in [0.3, 0.4) is 0 Å². The molecule has 212 valence electrons. The third-order valence-electron chi connectivity index (χ3n) is 5.59. The molecule has 0 fully saturated rings. The average Bonchev–Trinajstić information content (AvgIpc) is 2.90. The number of methoxy groups -OCH3 is 1. The van der Waals surface area contributed by atoms with Gasteiger partial charge in [-0.1, -0.05) is 24.1 Å². The molecule has 2 unspecified atom stereocenters. The van der Waals surface area contributed by atoms with Crippen molar-refractivity contribution in [2.45, 2.75) is 51.3 Å². The molecule has 2 rings (SSSR count). The van der Waals surface area contributed by atoms with Crippen molar-refractivity contribution in [1.29, 1.82) is 0 Å². The van der Waals surface area contributed by atoms with Crippen molar-refractivity contribution in [3.8, 4) is 18.1 Å². The molecule has 0 radical (unpaired) electrons. The van der Waals surface area contributed by atoms with Gasteiger partial charge in [-0.2, -0.15) is 0 Å². The molecule has 4 N–H and O–H groups in total. The third-order valence-corrected chi connectivity index (χ3v) is 5.59. The lowest BCUT2D eigenvalue weighted by Gasteiger charge is -2.34. The van der Waals surface area contributed by atoms with Crippen LogP contribution in [-0.4, -0.2) is 54.0 Å². The number of primary amides is 1. The van der Waals surface area contributed by atoms with Gasteiger partial charge in [0.05, 0.1) is 7.11 Å². The molecule has 10 heteroatoms. The first-order chi connectivity index (χ1) is 18.9. The number of nitrogens with two attached hydrogens (primary N) is 1. The van der Waals surface area contributed by atoms with Gasteiger partial charge >= 0.3 is 6.09 Å². The molecule has 0 aliphatic rings. The Kier molecular flexibility index (Phi) is 11.3. The first kappa shape index (κ1) is 31.4. The number of terminal acetylenes is 1. The molecular formula is C30H36N4O6. The Bertz CT molecular complexity index is 1240. The molecule has 0 heterocycles. The summed E-state index contributed by atoms with van der Waals surface area (Å²) in [6.07, 6.45) is 5.81. The highest BCUT2D eigenvalue weighted by atomic mass is 16.6. The molecule has 0 bridgehead atoms. The summed E-state index contributed by atoms with van der Waals surface area (Å²) in [7, 11) is 1.53. The van der Waals surface area contributed by atoms with E-state index in [0.29, 0.717) is 22.6 Å². The van der Waals surface area contributed by atoms with Crippen molar-refractivity contribution in [2.24, 2.45) is 5.73 Å². The second kappa shape index (κ2) is 14.4. The van der Waals surface area contributed by atoms with Gasteiger partial charge in [-0.05, 0) is 69.2 Å². The summed E-state index contributed by atoms with van der Waals surface area (Å²) >= 11 is 0. The molecular weight excluding hydrogens is 512 g/mol. The Labute approximate surface area is 234 Å². The maximum atomic E-state index is 14.0. The second-order valence-electron chi connectivity index (χ2n) is 9.87. The SMILES string of the molecule is C#Cc1ccc(C(C(=O)Nc2ccc(OC)cc2)N(CC=C)C(=O)C(CCC(N)=O)NC(=O)OC(C)(C)C)cc1. The van der Waals surface area contributed by atoms with Crippen LogP contribution in [0.15, 0.2) is 61.2 Å². The molecule has 0 saturated carbocycles. The van der Waals surface area contributed by atoms with E-state index in [-0.39, 0.29) is 19.4 Å². The number of anilines is 1. The zero-order valence-corrected chi connectivity index (χ0v) is 23.2. The number of hydrogen-bond acceptors (Lipinski definition) is 6. The van der Waals surface area contributed by atoms with Crippen LogP contribution in [0.4, 0.5) is 10.5 Å². The number of nitrogens with zero attached hydrogens (tertiary/aromatic N) is 1. The fourth-order valence-electron chi connectivity index (χ4n) is 3.78. The van der Waals surface area contributed by atoms with Crippen molar-refractivity contribution in [1.82, 2.24) is 10.2 Å². The van der Waals surface area contributed by atoms with Crippen LogP contribution in [0, 0.1) is 12.3 Å². The number of benzene rings is 2. The van der Waals surface area contributed by atoms with Crippen LogP contribution in [-0.2, 0) is 19.1 Å². The number of rotatable bonds is 12. The molecule has 0 aromatic heterocycles. The molecule has 0 saturated heterocycles. The first-order valence-corrected chi connectivity index (χ1v) is 12.6. The number of ether oxygens (including phenoxy) is 2. The first-order valence-electron chi connectivity index (χ1n) is 12.6. The minimum absolute atomic E-state index is 0.0561. The lowest BCUT2D eigenvalue weighted by Crippen LogP contribution is -2.52. The second-order valence-corrected chi connectivity index (χ2v) is 9.87. The maximum Gasteiger partial charge on any atom is 0.408 e. The predicted octanol–water partition coefficient (Wildman–Crippen LogP) is 3.53. The third kappa shape index (κ3) is 9.51. The fourth-order valence-corrected chi connectivity index (χ4v) is 3.78. The highest BCUT2D eigenvalue weighted by Crippen LogP contribution is 2.26. The summed E-state index contributed by atoms with van der Waals surface area (Å²) in [6, 6.07) is 10.9. The van der Waals surface area contributed by atoms with Crippen molar-refractivity contribution < 1.29 is 28.7 Å². The van der Waals surface area contributed by atoms with E-state index in [1.807, 2.05) is 0 Å². The molecule has 4 amide bonds. The highest BCUT2D eigenvalue weighted by Gasteiger charge is 2.36. The zero-order valence-electron chi connectivity index (χ0n) is 23.2. The highest BCUT2D eigenvalue weighted by molar-refractivity contribution is 5.99. The molecule has 10 nitrogen and oxygen atoms in total. The van der Waals surface area contributed by atoms with Crippen LogP contribution in [0.1, 0.15) is 50.8 Å². The Morgan fingerprint density at radius 2 is 1.73 bits per heavy atom. The van der Waals surface area contributed by atoms with Gasteiger partial charge in [-0.3, -0.25) is 14.4 Å². The van der Waals surface area contributed by atoms with Crippen molar-refractivity contribution in [2.75, 3.05) is 19.0 Å².